The normalized spacial score (nSPS) is 25.5. The first-order valence-electron chi connectivity index (χ1n) is 9.95. The molecule has 0 saturated carbocycles. The summed E-state index contributed by atoms with van der Waals surface area (Å²) in [5.74, 6) is 0.744. The van der Waals surface area contributed by atoms with Crippen molar-refractivity contribution >= 4 is 30.7 Å². The summed E-state index contributed by atoms with van der Waals surface area (Å²) in [5, 5.41) is 3.24. The number of nitrogens with zero attached hydrogens (tertiary/aromatic N) is 2. The minimum Gasteiger partial charge on any atom is -0.373 e. The quantitative estimate of drug-likeness (QED) is 0.776. The Morgan fingerprint density at radius 2 is 1.75 bits per heavy atom. The Morgan fingerprint density at radius 3 is 2.36 bits per heavy atom. The molecule has 5 nitrogen and oxygen atoms in total. The van der Waals surface area contributed by atoms with Crippen molar-refractivity contribution in [2.45, 2.75) is 45.4 Å². The van der Waals surface area contributed by atoms with E-state index in [1.54, 1.807) is 0 Å². The van der Waals surface area contributed by atoms with E-state index in [9.17, 15) is 4.79 Å². The van der Waals surface area contributed by atoms with Crippen LogP contribution in [-0.2, 0) is 11.3 Å². The van der Waals surface area contributed by atoms with Crippen molar-refractivity contribution in [2.75, 3.05) is 39.8 Å². The zero-order valence-electron chi connectivity index (χ0n) is 17.2. The molecule has 0 aliphatic carbocycles. The van der Waals surface area contributed by atoms with Crippen molar-refractivity contribution in [1.82, 2.24) is 15.1 Å². The summed E-state index contributed by atoms with van der Waals surface area (Å²) < 4.78 is 5.80. The van der Waals surface area contributed by atoms with Gasteiger partial charge in [0, 0.05) is 38.3 Å². The van der Waals surface area contributed by atoms with Gasteiger partial charge in [-0.05, 0) is 63.9 Å². The van der Waals surface area contributed by atoms with Gasteiger partial charge in [0.1, 0.15) is 0 Å². The highest BCUT2D eigenvalue weighted by Gasteiger charge is 2.25. The molecular formula is C21H35Cl2N3O2. The molecule has 1 amide bonds. The molecule has 2 fully saturated rings. The largest absolute Gasteiger partial charge is 0.373 e. The second-order valence-electron chi connectivity index (χ2n) is 7.97. The number of carbonyl (C=O) groups excluding carboxylic acids is 1. The molecule has 0 bridgehead atoms. The lowest BCUT2D eigenvalue weighted by Crippen LogP contribution is -2.44. The van der Waals surface area contributed by atoms with Crippen molar-refractivity contribution in [1.29, 1.82) is 0 Å². The molecule has 2 saturated heterocycles. The zero-order chi connectivity index (χ0) is 18.5. The van der Waals surface area contributed by atoms with Crippen LogP contribution in [0.25, 0.3) is 0 Å². The van der Waals surface area contributed by atoms with Gasteiger partial charge in [0.05, 0.1) is 12.2 Å². The first-order valence-corrected chi connectivity index (χ1v) is 9.95. The lowest BCUT2D eigenvalue weighted by atomic mass is 9.97. The molecule has 3 unspecified atom stereocenters. The molecule has 1 aromatic rings. The molecule has 3 atom stereocenters. The Labute approximate surface area is 182 Å². The van der Waals surface area contributed by atoms with Gasteiger partial charge >= 0.3 is 0 Å². The zero-order valence-corrected chi connectivity index (χ0v) is 18.9. The van der Waals surface area contributed by atoms with Gasteiger partial charge in [-0.25, -0.2) is 0 Å². The van der Waals surface area contributed by atoms with E-state index >= 15 is 0 Å². The molecule has 28 heavy (non-hydrogen) atoms. The van der Waals surface area contributed by atoms with Gasteiger partial charge in [-0.3, -0.25) is 9.69 Å². The van der Waals surface area contributed by atoms with E-state index < -0.39 is 0 Å². The first kappa shape index (κ1) is 25.2. The maximum Gasteiger partial charge on any atom is 0.253 e. The van der Waals surface area contributed by atoms with E-state index in [1.807, 2.05) is 24.1 Å². The minimum atomic E-state index is 0. The molecule has 2 aliphatic heterocycles. The van der Waals surface area contributed by atoms with Crippen molar-refractivity contribution in [3.63, 3.8) is 0 Å². The highest BCUT2D eigenvalue weighted by Crippen LogP contribution is 2.19. The topological polar surface area (TPSA) is 44.8 Å². The van der Waals surface area contributed by atoms with E-state index in [0.29, 0.717) is 5.92 Å². The molecule has 1 aromatic carbocycles. The molecule has 7 heteroatoms. The van der Waals surface area contributed by atoms with Crippen LogP contribution in [0.2, 0.25) is 0 Å². The molecule has 160 valence electrons. The number of morpholine rings is 1. The third-order valence-corrected chi connectivity index (χ3v) is 5.40. The predicted molar refractivity (Wildman–Crippen MR) is 119 cm³/mol. The van der Waals surface area contributed by atoms with E-state index in [2.05, 4.69) is 36.2 Å². The monoisotopic (exact) mass is 431 g/mol. The van der Waals surface area contributed by atoms with E-state index in [0.717, 1.165) is 51.3 Å². The molecular weight excluding hydrogens is 397 g/mol. The summed E-state index contributed by atoms with van der Waals surface area (Å²) in [6.45, 7) is 9.83. The van der Waals surface area contributed by atoms with Crippen molar-refractivity contribution in [3.05, 3.63) is 35.4 Å². The second kappa shape index (κ2) is 12.0. The minimum absolute atomic E-state index is 0. The number of amides is 1. The number of piperidine rings is 1. The first-order chi connectivity index (χ1) is 12.5. The number of carbonyl (C=O) groups is 1. The maximum absolute atomic E-state index is 12.8. The van der Waals surface area contributed by atoms with Crippen LogP contribution < -0.4 is 5.32 Å². The molecule has 2 aliphatic rings. The van der Waals surface area contributed by atoms with Gasteiger partial charge in [0.25, 0.3) is 5.91 Å². The summed E-state index contributed by atoms with van der Waals surface area (Å²) in [4.78, 5) is 17.3. The fraction of sp³-hybridized carbons (Fsp3) is 0.667. The second-order valence-corrected chi connectivity index (χ2v) is 7.97. The van der Waals surface area contributed by atoms with Gasteiger partial charge in [0.15, 0.2) is 0 Å². The van der Waals surface area contributed by atoms with Crippen molar-refractivity contribution < 1.29 is 9.53 Å². The van der Waals surface area contributed by atoms with Crippen LogP contribution >= 0.6 is 24.8 Å². The lowest BCUT2D eigenvalue weighted by molar-refractivity contribution is -0.0704. The number of likely N-dealkylation sites (tertiary alicyclic amines) is 1. The standard InChI is InChI=1S/C21H33N3O2.2ClH/c1-16-12-23(13-17(2)26-16)14-18-6-8-20(9-7-18)21(25)24-10-4-5-19(15-24)11-22-3;;/h6-9,16-17,19,22H,4-5,10-15H2,1-3H3;2*1H. The van der Waals surface area contributed by atoms with Crippen LogP contribution in [-0.4, -0.2) is 67.7 Å². The average molecular weight is 432 g/mol. The Hall–Kier alpha value is -0.850. The molecule has 0 aromatic heterocycles. The van der Waals surface area contributed by atoms with Gasteiger partial charge in [0.2, 0.25) is 0 Å². The summed E-state index contributed by atoms with van der Waals surface area (Å²) in [7, 11) is 1.98. The van der Waals surface area contributed by atoms with Gasteiger partial charge in [-0.2, -0.15) is 0 Å². The average Bonchev–Trinajstić information content (AvgIpc) is 2.61. The van der Waals surface area contributed by atoms with Crippen LogP contribution in [0.5, 0.6) is 0 Å². The highest BCUT2D eigenvalue weighted by atomic mass is 35.5. The van der Waals surface area contributed by atoms with E-state index in [4.69, 9.17) is 4.74 Å². The summed E-state index contributed by atoms with van der Waals surface area (Å²) >= 11 is 0. The third kappa shape index (κ3) is 6.89. The Morgan fingerprint density at radius 1 is 1.11 bits per heavy atom. The number of hydrogen-bond acceptors (Lipinski definition) is 4. The van der Waals surface area contributed by atoms with Crippen molar-refractivity contribution in [3.8, 4) is 0 Å². The van der Waals surface area contributed by atoms with E-state index in [-0.39, 0.29) is 42.9 Å². The Bertz CT molecular complexity index is 588. The predicted octanol–water partition coefficient (Wildman–Crippen LogP) is 3.21. The number of benzene rings is 1. The maximum atomic E-state index is 12.8. The van der Waals surface area contributed by atoms with Gasteiger partial charge in [-0.15, -0.1) is 24.8 Å². The highest BCUT2D eigenvalue weighted by molar-refractivity contribution is 5.94. The molecule has 0 radical (unpaired) electrons. The van der Waals surface area contributed by atoms with Crippen molar-refractivity contribution in [2.24, 2.45) is 5.92 Å². The lowest BCUT2D eigenvalue weighted by Gasteiger charge is -2.35. The van der Waals surface area contributed by atoms with Gasteiger partial charge < -0.3 is 15.0 Å². The van der Waals surface area contributed by atoms with Crippen LogP contribution in [0.1, 0.15) is 42.6 Å². The summed E-state index contributed by atoms with van der Waals surface area (Å²) in [6.07, 6.45) is 2.87. The number of hydrogen-bond donors (Lipinski definition) is 1. The fourth-order valence-corrected chi connectivity index (χ4v) is 4.31. The number of rotatable bonds is 5. The van der Waals surface area contributed by atoms with Crippen LogP contribution in [0.4, 0.5) is 0 Å². The summed E-state index contributed by atoms with van der Waals surface area (Å²) in [6, 6.07) is 8.19. The molecule has 0 spiro atoms. The number of nitrogens with one attached hydrogen (secondary N) is 1. The van der Waals surface area contributed by atoms with Crippen LogP contribution in [0.15, 0.2) is 24.3 Å². The Kier molecular flexibility index (Phi) is 10.8. The SMILES string of the molecule is CNCC1CCCN(C(=O)c2ccc(CN3CC(C)OC(C)C3)cc2)C1.Cl.Cl. The van der Waals surface area contributed by atoms with E-state index in [1.165, 1.54) is 12.0 Å². The fourth-order valence-electron chi connectivity index (χ4n) is 4.31. The molecule has 3 rings (SSSR count). The number of halogens is 2. The molecule has 1 N–H and O–H groups in total. The Balaban J connectivity index is 0.00000196. The number of ether oxygens (including phenoxy) is 1. The molecule has 2 heterocycles. The summed E-state index contributed by atoms with van der Waals surface area (Å²) in [5.41, 5.74) is 2.07. The van der Waals surface area contributed by atoms with Gasteiger partial charge in [-0.1, -0.05) is 12.1 Å². The smallest absolute Gasteiger partial charge is 0.253 e. The third-order valence-electron chi connectivity index (χ3n) is 5.40. The van der Waals surface area contributed by atoms with Crippen LogP contribution in [0.3, 0.4) is 0 Å². The van der Waals surface area contributed by atoms with Crippen LogP contribution in [0, 0.1) is 5.92 Å².